The quantitative estimate of drug-likeness (QED) is 0.848. The number of carbonyl (C=O) groups excluding carboxylic acids is 1. The van der Waals surface area contributed by atoms with Crippen LogP contribution in [0.5, 0.6) is 0 Å². The molecule has 2 aromatic rings. The fourth-order valence-electron chi connectivity index (χ4n) is 1.78. The van der Waals surface area contributed by atoms with E-state index in [9.17, 15) is 4.79 Å². The molecule has 0 saturated carbocycles. The Kier molecular flexibility index (Phi) is 4.65. The summed E-state index contributed by atoms with van der Waals surface area (Å²) in [5.41, 5.74) is 7.58. The molecule has 1 aromatic heterocycles. The maximum absolute atomic E-state index is 11.9. The van der Waals surface area contributed by atoms with Crippen LogP contribution in [0.2, 0.25) is 5.15 Å². The normalized spacial score (nSPS) is 11.9. The molecule has 0 bridgehead atoms. The lowest BCUT2D eigenvalue weighted by molar-refractivity contribution is -0.116. The van der Waals surface area contributed by atoms with Gasteiger partial charge in [0.25, 0.3) is 0 Å². The summed E-state index contributed by atoms with van der Waals surface area (Å²) in [7, 11) is 0. The lowest BCUT2D eigenvalue weighted by Crippen LogP contribution is -2.21. The minimum atomic E-state index is -0.364. The minimum absolute atomic E-state index is 0.152. The number of benzene rings is 1. The Morgan fingerprint density at radius 2 is 2.05 bits per heavy atom. The van der Waals surface area contributed by atoms with Crippen LogP contribution in [-0.2, 0) is 4.79 Å². The molecular formula is C14H15ClN4O. The van der Waals surface area contributed by atoms with Gasteiger partial charge in [-0.3, -0.25) is 10.1 Å². The zero-order valence-corrected chi connectivity index (χ0v) is 11.8. The van der Waals surface area contributed by atoms with E-state index < -0.39 is 0 Å². The first-order chi connectivity index (χ1) is 9.54. The van der Waals surface area contributed by atoms with Gasteiger partial charge in [-0.2, -0.15) is 0 Å². The van der Waals surface area contributed by atoms with Crippen LogP contribution >= 0.6 is 11.6 Å². The number of anilines is 1. The van der Waals surface area contributed by atoms with Gasteiger partial charge in [0.2, 0.25) is 11.9 Å². The number of halogens is 1. The van der Waals surface area contributed by atoms with E-state index in [1.807, 2.05) is 30.3 Å². The molecule has 0 aliphatic rings. The van der Waals surface area contributed by atoms with Crippen LogP contribution in [0.3, 0.4) is 0 Å². The predicted molar refractivity (Wildman–Crippen MR) is 78.4 cm³/mol. The van der Waals surface area contributed by atoms with Crippen molar-refractivity contribution in [3.63, 3.8) is 0 Å². The summed E-state index contributed by atoms with van der Waals surface area (Å²) in [6.45, 7) is 1.78. The number of nitrogens with two attached hydrogens (primary N) is 1. The molecule has 2 rings (SSSR count). The highest BCUT2D eigenvalue weighted by Gasteiger charge is 2.13. The highest BCUT2D eigenvalue weighted by Crippen LogP contribution is 2.15. The minimum Gasteiger partial charge on any atom is -0.324 e. The van der Waals surface area contributed by atoms with Gasteiger partial charge in [0.15, 0.2) is 0 Å². The standard InChI is InChI=1S/C14H15ClN4O/c1-9-7-12(15)18-14(17-9)19-13(20)8-11(16)10-5-3-2-4-6-10/h2-7,11H,8,16H2,1H3,(H,17,18,19,20). The molecule has 1 aromatic carbocycles. The van der Waals surface area contributed by atoms with E-state index >= 15 is 0 Å². The second kappa shape index (κ2) is 6.45. The molecule has 0 radical (unpaired) electrons. The van der Waals surface area contributed by atoms with Crippen molar-refractivity contribution in [2.45, 2.75) is 19.4 Å². The van der Waals surface area contributed by atoms with E-state index in [2.05, 4.69) is 15.3 Å². The summed E-state index contributed by atoms with van der Waals surface area (Å²) < 4.78 is 0. The van der Waals surface area contributed by atoms with Crippen LogP contribution in [0.1, 0.15) is 23.7 Å². The highest BCUT2D eigenvalue weighted by atomic mass is 35.5. The van der Waals surface area contributed by atoms with Gasteiger partial charge in [-0.15, -0.1) is 0 Å². The maximum atomic E-state index is 11.9. The zero-order valence-electron chi connectivity index (χ0n) is 11.0. The molecule has 1 heterocycles. The lowest BCUT2D eigenvalue weighted by Gasteiger charge is -2.11. The molecule has 0 spiro atoms. The molecule has 1 amide bonds. The van der Waals surface area contributed by atoms with Gasteiger partial charge in [-0.1, -0.05) is 41.9 Å². The fraction of sp³-hybridized carbons (Fsp3) is 0.214. The molecule has 20 heavy (non-hydrogen) atoms. The average Bonchev–Trinajstić information content (AvgIpc) is 2.38. The first-order valence-corrected chi connectivity index (χ1v) is 6.54. The second-order valence-electron chi connectivity index (χ2n) is 4.43. The molecule has 3 N–H and O–H groups in total. The summed E-state index contributed by atoms with van der Waals surface area (Å²) in [6.07, 6.45) is 0.152. The third kappa shape index (κ3) is 4.01. The second-order valence-corrected chi connectivity index (χ2v) is 4.81. The summed E-state index contributed by atoms with van der Waals surface area (Å²) in [4.78, 5) is 19.9. The SMILES string of the molecule is Cc1cc(Cl)nc(NC(=O)CC(N)c2ccccc2)n1. The Morgan fingerprint density at radius 1 is 1.35 bits per heavy atom. The first kappa shape index (κ1) is 14.4. The van der Waals surface area contributed by atoms with Gasteiger partial charge < -0.3 is 5.73 Å². The molecule has 0 fully saturated rings. The van der Waals surface area contributed by atoms with Crippen LogP contribution in [0.25, 0.3) is 0 Å². The van der Waals surface area contributed by atoms with Crippen LogP contribution in [0, 0.1) is 6.92 Å². The van der Waals surface area contributed by atoms with E-state index in [1.54, 1.807) is 13.0 Å². The largest absolute Gasteiger partial charge is 0.324 e. The molecule has 1 atom stereocenters. The molecule has 0 aliphatic carbocycles. The van der Waals surface area contributed by atoms with Crippen molar-refractivity contribution in [3.05, 3.63) is 52.8 Å². The van der Waals surface area contributed by atoms with E-state index in [0.717, 1.165) is 5.56 Å². The van der Waals surface area contributed by atoms with E-state index in [1.165, 1.54) is 0 Å². The molecular weight excluding hydrogens is 276 g/mol. The van der Waals surface area contributed by atoms with Gasteiger partial charge in [-0.05, 0) is 18.6 Å². The van der Waals surface area contributed by atoms with Crippen LogP contribution in [0.15, 0.2) is 36.4 Å². The van der Waals surface area contributed by atoms with Crippen molar-refractivity contribution in [1.82, 2.24) is 9.97 Å². The van der Waals surface area contributed by atoms with E-state index in [4.69, 9.17) is 17.3 Å². The number of hydrogen-bond acceptors (Lipinski definition) is 4. The number of carbonyl (C=O) groups is 1. The third-order valence-electron chi connectivity index (χ3n) is 2.71. The van der Waals surface area contributed by atoms with Gasteiger partial charge in [-0.25, -0.2) is 9.97 Å². The molecule has 0 aliphatic heterocycles. The Hall–Kier alpha value is -1.98. The van der Waals surface area contributed by atoms with Crippen molar-refractivity contribution < 1.29 is 4.79 Å². The molecule has 5 nitrogen and oxygen atoms in total. The number of hydrogen-bond donors (Lipinski definition) is 2. The monoisotopic (exact) mass is 290 g/mol. The number of aromatic nitrogens is 2. The average molecular weight is 291 g/mol. The first-order valence-electron chi connectivity index (χ1n) is 6.16. The Bertz CT molecular complexity index is 583. The van der Waals surface area contributed by atoms with E-state index in [0.29, 0.717) is 10.8 Å². The van der Waals surface area contributed by atoms with Gasteiger partial charge in [0.1, 0.15) is 5.15 Å². The predicted octanol–water partition coefficient (Wildman–Crippen LogP) is 2.47. The Labute approximate surface area is 122 Å². The third-order valence-corrected chi connectivity index (χ3v) is 2.90. The molecule has 6 heteroatoms. The maximum Gasteiger partial charge on any atom is 0.231 e. The van der Waals surface area contributed by atoms with Crippen molar-refractivity contribution in [1.29, 1.82) is 0 Å². The van der Waals surface area contributed by atoms with Crippen LogP contribution in [-0.4, -0.2) is 15.9 Å². The zero-order chi connectivity index (χ0) is 14.5. The van der Waals surface area contributed by atoms with Crippen molar-refractivity contribution in [3.8, 4) is 0 Å². The smallest absolute Gasteiger partial charge is 0.231 e. The summed E-state index contributed by atoms with van der Waals surface area (Å²) in [5, 5.41) is 2.89. The summed E-state index contributed by atoms with van der Waals surface area (Å²) in [6, 6.07) is 10.7. The Balaban J connectivity index is 1.99. The Morgan fingerprint density at radius 3 is 2.70 bits per heavy atom. The number of nitrogens with zero attached hydrogens (tertiary/aromatic N) is 2. The van der Waals surface area contributed by atoms with Gasteiger partial charge in [0, 0.05) is 18.2 Å². The number of nitrogens with one attached hydrogen (secondary N) is 1. The van der Waals surface area contributed by atoms with Crippen LogP contribution < -0.4 is 11.1 Å². The van der Waals surface area contributed by atoms with E-state index in [-0.39, 0.29) is 24.3 Å². The number of rotatable bonds is 4. The summed E-state index contributed by atoms with van der Waals surface area (Å²) >= 11 is 5.81. The van der Waals surface area contributed by atoms with Gasteiger partial charge >= 0.3 is 0 Å². The van der Waals surface area contributed by atoms with Crippen molar-refractivity contribution in [2.75, 3.05) is 5.32 Å². The summed E-state index contributed by atoms with van der Waals surface area (Å²) in [5.74, 6) is -0.0525. The highest BCUT2D eigenvalue weighted by molar-refractivity contribution is 6.29. The molecule has 0 saturated heterocycles. The number of amides is 1. The fourth-order valence-corrected chi connectivity index (χ4v) is 2.02. The van der Waals surface area contributed by atoms with Crippen molar-refractivity contribution >= 4 is 23.5 Å². The molecule has 104 valence electrons. The van der Waals surface area contributed by atoms with Crippen molar-refractivity contribution in [2.24, 2.45) is 5.73 Å². The topological polar surface area (TPSA) is 80.9 Å². The lowest BCUT2D eigenvalue weighted by atomic mass is 10.0. The van der Waals surface area contributed by atoms with Crippen LogP contribution in [0.4, 0.5) is 5.95 Å². The number of aryl methyl sites for hydroxylation is 1. The molecule has 1 unspecified atom stereocenters. The van der Waals surface area contributed by atoms with Gasteiger partial charge in [0.05, 0.1) is 0 Å².